The molecule has 0 spiro atoms. The molecule has 1 unspecified atom stereocenters. The van der Waals surface area contributed by atoms with Crippen LogP contribution >= 0.6 is 0 Å². The number of pyridine rings is 1. The number of piperidine rings is 1. The standard InChI is InChI=1S/C22H26N6O2/c1-13-7-18-20(9-19(13)29)30-22(27(18)2)17-8-14(10-25-21(17)23)15-11-26-28(12-15)16-3-5-24-6-4-16/h7-12,16,22,24,29H,3-6H2,1-2H3,(H2,23,25). The number of phenols is 1. The average molecular weight is 406 g/mol. The van der Waals surface area contributed by atoms with E-state index in [0.717, 1.165) is 53.9 Å². The lowest BCUT2D eigenvalue weighted by molar-refractivity contribution is 0.235. The molecule has 4 N–H and O–H groups in total. The van der Waals surface area contributed by atoms with Gasteiger partial charge in [-0.2, -0.15) is 5.10 Å². The van der Waals surface area contributed by atoms with Gasteiger partial charge in [-0.25, -0.2) is 4.98 Å². The Kier molecular flexibility index (Phi) is 4.51. The third kappa shape index (κ3) is 3.13. The summed E-state index contributed by atoms with van der Waals surface area (Å²) in [6, 6.07) is 6.01. The van der Waals surface area contributed by atoms with Crippen molar-refractivity contribution in [3.05, 3.63) is 47.9 Å². The highest BCUT2D eigenvalue weighted by molar-refractivity contribution is 5.69. The Morgan fingerprint density at radius 3 is 2.77 bits per heavy atom. The Balaban J connectivity index is 1.45. The second kappa shape index (κ2) is 7.21. The van der Waals surface area contributed by atoms with Crippen molar-refractivity contribution >= 4 is 11.5 Å². The number of rotatable bonds is 3. The maximum absolute atomic E-state index is 10.0. The monoisotopic (exact) mass is 406 g/mol. The summed E-state index contributed by atoms with van der Waals surface area (Å²) in [6.45, 7) is 3.91. The first-order valence-electron chi connectivity index (χ1n) is 10.2. The smallest absolute Gasteiger partial charge is 0.202 e. The molecule has 30 heavy (non-hydrogen) atoms. The maximum Gasteiger partial charge on any atom is 0.202 e. The van der Waals surface area contributed by atoms with Crippen molar-refractivity contribution in [2.45, 2.75) is 32.0 Å². The van der Waals surface area contributed by atoms with E-state index in [1.807, 2.05) is 37.2 Å². The number of phenolic OH excluding ortho intramolecular Hbond substituents is 1. The molecule has 2 aromatic heterocycles. The summed E-state index contributed by atoms with van der Waals surface area (Å²) in [5.74, 6) is 1.28. The van der Waals surface area contributed by atoms with Crippen LogP contribution in [0.1, 0.15) is 36.2 Å². The van der Waals surface area contributed by atoms with Gasteiger partial charge in [0.1, 0.15) is 17.3 Å². The summed E-state index contributed by atoms with van der Waals surface area (Å²) < 4.78 is 8.19. The Bertz CT molecular complexity index is 1090. The maximum atomic E-state index is 10.0. The normalized spacial score (nSPS) is 19.0. The van der Waals surface area contributed by atoms with Gasteiger partial charge in [-0.05, 0) is 50.6 Å². The SMILES string of the molecule is Cc1cc2c(cc1O)OC(c1cc(-c3cnn(C4CCNCC4)c3)cnc1N)N2C. The van der Waals surface area contributed by atoms with Gasteiger partial charge < -0.3 is 25.8 Å². The van der Waals surface area contributed by atoms with Gasteiger partial charge in [0.25, 0.3) is 0 Å². The first-order valence-corrected chi connectivity index (χ1v) is 10.2. The zero-order chi connectivity index (χ0) is 20.8. The third-order valence-corrected chi connectivity index (χ3v) is 6.08. The van der Waals surface area contributed by atoms with E-state index < -0.39 is 6.23 Å². The Morgan fingerprint density at radius 1 is 1.17 bits per heavy atom. The molecule has 2 aliphatic rings. The summed E-state index contributed by atoms with van der Waals surface area (Å²) in [5.41, 5.74) is 10.7. The van der Waals surface area contributed by atoms with Crippen LogP contribution < -0.4 is 20.7 Å². The van der Waals surface area contributed by atoms with Crippen LogP contribution in [0.3, 0.4) is 0 Å². The molecule has 0 aliphatic carbocycles. The third-order valence-electron chi connectivity index (χ3n) is 6.08. The van der Waals surface area contributed by atoms with Crippen molar-refractivity contribution in [1.29, 1.82) is 0 Å². The lowest BCUT2D eigenvalue weighted by Gasteiger charge is -2.23. The van der Waals surface area contributed by atoms with Crippen molar-refractivity contribution in [2.75, 3.05) is 30.8 Å². The fourth-order valence-corrected chi connectivity index (χ4v) is 4.24. The van der Waals surface area contributed by atoms with Crippen molar-refractivity contribution in [2.24, 2.45) is 0 Å². The van der Waals surface area contributed by atoms with Crippen LogP contribution in [0.15, 0.2) is 36.8 Å². The minimum atomic E-state index is -0.409. The molecule has 1 atom stereocenters. The van der Waals surface area contributed by atoms with E-state index in [9.17, 15) is 5.11 Å². The number of nitrogens with two attached hydrogens (primary N) is 1. The predicted octanol–water partition coefficient (Wildman–Crippen LogP) is 2.99. The van der Waals surface area contributed by atoms with Gasteiger partial charge in [-0.15, -0.1) is 0 Å². The molecule has 156 valence electrons. The van der Waals surface area contributed by atoms with Crippen molar-refractivity contribution in [3.8, 4) is 22.6 Å². The van der Waals surface area contributed by atoms with Crippen LogP contribution in [0, 0.1) is 6.92 Å². The van der Waals surface area contributed by atoms with Gasteiger partial charge in [-0.3, -0.25) is 4.68 Å². The number of nitrogens with zero attached hydrogens (tertiary/aromatic N) is 4. The van der Waals surface area contributed by atoms with Crippen LogP contribution in [-0.2, 0) is 0 Å². The zero-order valence-electron chi connectivity index (χ0n) is 17.2. The van der Waals surface area contributed by atoms with E-state index in [1.165, 1.54) is 0 Å². The van der Waals surface area contributed by atoms with Gasteiger partial charge in [0.15, 0.2) is 0 Å². The fraction of sp³-hybridized carbons (Fsp3) is 0.364. The molecule has 2 aliphatic heterocycles. The topological polar surface area (TPSA) is 101 Å². The van der Waals surface area contributed by atoms with Gasteiger partial charge in [0.2, 0.25) is 6.23 Å². The van der Waals surface area contributed by atoms with Gasteiger partial charge >= 0.3 is 0 Å². The quantitative estimate of drug-likeness (QED) is 0.615. The second-order valence-electron chi connectivity index (χ2n) is 8.08. The van der Waals surface area contributed by atoms with Crippen molar-refractivity contribution in [1.82, 2.24) is 20.1 Å². The van der Waals surface area contributed by atoms with E-state index >= 15 is 0 Å². The molecule has 0 bridgehead atoms. The minimum Gasteiger partial charge on any atom is -0.508 e. The molecule has 0 amide bonds. The summed E-state index contributed by atoms with van der Waals surface area (Å²) >= 11 is 0. The Labute approximate surface area is 175 Å². The number of hydrogen-bond acceptors (Lipinski definition) is 7. The zero-order valence-corrected chi connectivity index (χ0v) is 17.2. The van der Waals surface area contributed by atoms with Gasteiger partial charge in [-0.1, -0.05) is 0 Å². The molecule has 5 rings (SSSR count). The highest BCUT2D eigenvalue weighted by Crippen LogP contribution is 2.46. The molecular weight excluding hydrogens is 380 g/mol. The number of hydrogen-bond donors (Lipinski definition) is 3. The molecule has 3 aromatic rings. The molecule has 0 radical (unpaired) electrons. The average Bonchev–Trinajstić information content (AvgIpc) is 3.36. The Hall–Kier alpha value is -3.26. The van der Waals surface area contributed by atoms with Crippen LogP contribution in [0.4, 0.5) is 11.5 Å². The molecule has 0 saturated carbocycles. The van der Waals surface area contributed by atoms with E-state index in [4.69, 9.17) is 10.5 Å². The summed E-state index contributed by atoms with van der Waals surface area (Å²) in [6.07, 6.45) is 7.50. The van der Waals surface area contributed by atoms with Crippen LogP contribution in [0.2, 0.25) is 0 Å². The number of ether oxygens (including phenoxy) is 1. The number of nitrogens with one attached hydrogen (secondary N) is 1. The summed E-state index contributed by atoms with van der Waals surface area (Å²) in [7, 11) is 1.95. The number of benzene rings is 1. The molecule has 4 heterocycles. The molecular formula is C22H26N6O2. The number of aromatic hydroxyl groups is 1. The lowest BCUT2D eigenvalue weighted by atomic mass is 10.1. The Morgan fingerprint density at radius 2 is 1.97 bits per heavy atom. The summed E-state index contributed by atoms with van der Waals surface area (Å²) in [4.78, 5) is 6.44. The highest BCUT2D eigenvalue weighted by Gasteiger charge is 2.32. The first kappa shape index (κ1) is 18.7. The number of fused-ring (bicyclic) bond motifs is 1. The second-order valence-corrected chi connectivity index (χ2v) is 8.08. The van der Waals surface area contributed by atoms with E-state index in [0.29, 0.717) is 17.6 Å². The van der Waals surface area contributed by atoms with Crippen LogP contribution in [0.5, 0.6) is 11.5 Å². The molecule has 1 saturated heterocycles. The fourth-order valence-electron chi connectivity index (χ4n) is 4.24. The minimum absolute atomic E-state index is 0.216. The predicted molar refractivity (Wildman–Crippen MR) is 116 cm³/mol. The molecule has 1 aromatic carbocycles. The number of aromatic nitrogens is 3. The summed E-state index contributed by atoms with van der Waals surface area (Å²) in [5, 5.41) is 18.0. The van der Waals surface area contributed by atoms with E-state index in [-0.39, 0.29) is 5.75 Å². The largest absolute Gasteiger partial charge is 0.508 e. The lowest BCUT2D eigenvalue weighted by Crippen LogP contribution is -2.29. The van der Waals surface area contributed by atoms with Gasteiger partial charge in [0, 0.05) is 36.6 Å². The number of nitrogen functional groups attached to an aromatic ring is 1. The molecule has 8 heteroatoms. The number of aryl methyl sites for hydroxylation is 1. The molecule has 1 fully saturated rings. The van der Waals surface area contributed by atoms with Crippen LogP contribution in [0.25, 0.3) is 11.1 Å². The molecule has 8 nitrogen and oxygen atoms in total. The first-order chi connectivity index (χ1) is 14.5. The van der Waals surface area contributed by atoms with Gasteiger partial charge in [0.05, 0.1) is 23.5 Å². The van der Waals surface area contributed by atoms with E-state index in [2.05, 4.69) is 26.3 Å². The van der Waals surface area contributed by atoms with Crippen molar-refractivity contribution in [3.63, 3.8) is 0 Å². The van der Waals surface area contributed by atoms with E-state index in [1.54, 1.807) is 12.3 Å². The van der Waals surface area contributed by atoms with Crippen LogP contribution in [-0.4, -0.2) is 40.0 Å². The number of anilines is 2. The van der Waals surface area contributed by atoms with Crippen molar-refractivity contribution < 1.29 is 9.84 Å². The highest BCUT2D eigenvalue weighted by atomic mass is 16.5.